The van der Waals surface area contributed by atoms with Crippen molar-refractivity contribution in [1.82, 2.24) is 10.2 Å². The number of nitrogens with zero attached hydrogens (tertiary/aromatic N) is 1. The molecule has 1 N–H and O–H groups in total. The van der Waals surface area contributed by atoms with Crippen LogP contribution in [0.5, 0.6) is 0 Å². The van der Waals surface area contributed by atoms with Gasteiger partial charge in [-0.15, -0.1) is 0 Å². The van der Waals surface area contributed by atoms with Gasteiger partial charge in [-0.3, -0.25) is 4.90 Å². The molecule has 0 aromatic heterocycles. The molecule has 0 aliphatic carbocycles. The first-order valence-electron chi connectivity index (χ1n) is 7.17. The van der Waals surface area contributed by atoms with Gasteiger partial charge in [-0.2, -0.15) is 0 Å². The fourth-order valence-corrected chi connectivity index (χ4v) is 2.78. The Kier molecular flexibility index (Phi) is 7.09. The Morgan fingerprint density at radius 2 is 2.12 bits per heavy atom. The van der Waals surface area contributed by atoms with Crippen LogP contribution >= 0.6 is 0 Å². The summed E-state index contributed by atoms with van der Waals surface area (Å²) in [6, 6.07) is 1.85. The maximum absolute atomic E-state index is 5.40. The van der Waals surface area contributed by atoms with Crippen LogP contribution in [-0.4, -0.2) is 49.8 Å². The lowest BCUT2D eigenvalue weighted by atomic mass is 9.98. The highest BCUT2D eigenvalue weighted by Crippen LogP contribution is 2.21. The molecule has 0 aromatic carbocycles. The maximum atomic E-state index is 5.40. The van der Waals surface area contributed by atoms with Gasteiger partial charge in [0.2, 0.25) is 0 Å². The van der Waals surface area contributed by atoms with E-state index in [4.69, 9.17) is 4.74 Å². The number of hydrogen-bond acceptors (Lipinski definition) is 3. The first kappa shape index (κ1) is 14.9. The molecule has 1 heterocycles. The summed E-state index contributed by atoms with van der Waals surface area (Å²) in [5, 5.41) is 3.55. The summed E-state index contributed by atoms with van der Waals surface area (Å²) in [6.45, 7) is 9.85. The van der Waals surface area contributed by atoms with Crippen LogP contribution in [-0.2, 0) is 4.74 Å². The number of nitrogens with one attached hydrogen (secondary N) is 1. The smallest absolute Gasteiger partial charge is 0.0630 e. The van der Waals surface area contributed by atoms with E-state index in [0.29, 0.717) is 12.1 Å². The molecule has 0 radical (unpaired) electrons. The largest absolute Gasteiger partial charge is 0.383 e. The van der Waals surface area contributed by atoms with Crippen LogP contribution in [0.15, 0.2) is 0 Å². The molecule has 17 heavy (non-hydrogen) atoms. The highest BCUT2D eigenvalue weighted by Gasteiger charge is 2.27. The molecule has 102 valence electrons. The zero-order valence-electron chi connectivity index (χ0n) is 12.0. The van der Waals surface area contributed by atoms with Gasteiger partial charge in [0.15, 0.2) is 0 Å². The molecule has 1 aliphatic heterocycles. The van der Waals surface area contributed by atoms with Gasteiger partial charge in [0.05, 0.1) is 6.61 Å². The second kappa shape index (κ2) is 8.06. The lowest BCUT2D eigenvalue weighted by Crippen LogP contribution is -2.52. The second-order valence-electron chi connectivity index (χ2n) is 5.47. The highest BCUT2D eigenvalue weighted by molar-refractivity contribution is 4.83. The topological polar surface area (TPSA) is 24.5 Å². The first-order chi connectivity index (χ1) is 8.19. The van der Waals surface area contributed by atoms with E-state index in [9.17, 15) is 0 Å². The van der Waals surface area contributed by atoms with Crippen LogP contribution in [0.3, 0.4) is 0 Å². The molecule has 1 aliphatic rings. The number of rotatable bonds is 7. The zero-order chi connectivity index (χ0) is 12.7. The third kappa shape index (κ3) is 4.94. The normalized spacial score (nSPS) is 24.2. The molecule has 0 aromatic rings. The minimum Gasteiger partial charge on any atom is -0.383 e. The van der Waals surface area contributed by atoms with Crippen LogP contribution in [0.4, 0.5) is 0 Å². The second-order valence-corrected chi connectivity index (χ2v) is 5.47. The van der Waals surface area contributed by atoms with Crippen molar-refractivity contribution in [3.63, 3.8) is 0 Å². The molecule has 0 bridgehead atoms. The third-order valence-electron chi connectivity index (χ3n) is 3.73. The van der Waals surface area contributed by atoms with E-state index in [1.165, 1.54) is 32.2 Å². The van der Waals surface area contributed by atoms with Gasteiger partial charge in [-0.05, 0) is 25.8 Å². The van der Waals surface area contributed by atoms with Crippen molar-refractivity contribution in [2.24, 2.45) is 0 Å². The quantitative estimate of drug-likeness (QED) is 0.741. The molecule has 0 saturated carbocycles. The van der Waals surface area contributed by atoms with E-state index >= 15 is 0 Å². The fraction of sp³-hybridized carbons (Fsp3) is 1.00. The van der Waals surface area contributed by atoms with Crippen LogP contribution in [0.1, 0.15) is 46.5 Å². The Balaban J connectivity index is 2.53. The standard InChI is InChI=1S/C14H30N2O/c1-5-13-8-6-7-9-16(13)14(11-17-4)10-15-12(2)3/h12-15H,5-11H2,1-4H3. The van der Waals surface area contributed by atoms with E-state index in [0.717, 1.165) is 19.2 Å². The minimum atomic E-state index is 0.535. The number of methoxy groups -OCH3 is 1. The molecule has 3 nitrogen and oxygen atoms in total. The lowest BCUT2D eigenvalue weighted by molar-refractivity contribution is 0.0380. The average molecular weight is 242 g/mol. The van der Waals surface area contributed by atoms with E-state index < -0.39 is 0 Å². The molecular weight excluding hydrogens is 212 g/mol. The number of likely N-dealkylation sites (tertiary alicyclic amines) is 1. The average Bonchev–Trinajstić information content (AvgIpc) is 2.34. The molecule has 1 rings (SSSR count). The van der Waals surface area contributed by atoms with Crippen LogP contribution in [0.25, 0.3) is 0 Å². The van der Waals surface area contributed by atoms with E-state index in [1.807, 2.05) is 7.11 Å². The number of piperidine rings is 1. The molecule has 2 unspecified atom stereocenters. The minimum absolute atomic E-state index is 0.535. The third-order valence-corrected chi connectivity index (χ3v) is 3.73. The Hall–Kier alpha value is -0.120. The van der Waals surface area contributed by atoms with Crippen molar-refractivity contribution in [2.45, 2.75) is 64.6 Å². The molecule has 1 fully saturated rings. The van der Waals surface area contributed by atoms with E-state index in [1.54, 1.807) is 0 Å². The van der Waals surface area contributed by atoms with Gasteiger partial charge in [0.25, 0.3) is 0 Å². The zero-order valence-corrected chi connectivity index (χ0v) is 12.0. The SMILES string of the molecule is CCC1CCCCN1C(CNC(C)C)COC. The van der Waals surface area contributed by atoms with E-state index in [-0.39, 0.29) is 0 Å². The van der Waals surface area contributed by atoms with E-state index in [2.05, 4.69) is 31.0 Å². The van der Waals surface area contributed by atoms with Gasteiger partial charge in [-0.25, -0.2) is 0 Å². The summed E-state index contributed by atoms with van der Waals surface area (Å²) in [5.74, 6) is 0. The number of ether oxygens (including phenoxy) is 1. The summed E-state index contributed by atoms with van der Waals surface area (Å²) in [5.41, 5.74) is 0. The lowest BCUT2D eigenvalue weighted by Gasteiger charge is -2.41. The van der Waals surface area contributed by atoms with Crippen molar-refractivity contribution in [3.05, 3.63) is 0 Å². The van der Waals surface area contributed by atoms with Gasteiger partial charge in [-0.1, -0.05) is 27.2 Å². The van der Waals surface area contributed by atoms with Crippen molar-refractivity contribution >= 4 is 0 Å². The molecular formula is C14H30N2O. The Labute approximate surface area is 107 Å². The molecule has 0 amide bonds. The predicted octanol–water partition coefficient (Wildman–Crippen LogP) is 2.26. The first-order valence-corrected chi connectivity index (χ1v) is 7.17. The number of hydrogen-bond donors (Lipinski definition) is 1. The van der Waals surface area contributed by atoms with Crippen molar-refractivity contribution < 1.29 is 4.74 Å². The molecule has 2 atom stereocenters. The molecule has 3 heteroatoms. The molecule has 0 spiro atoms. The highest BCUT2D eigenvalue weighted by atomic mass is 16.5. The summed E-state index contributed by atoms with van der Waals surface area (Å²) >= 11 is 0. The summed E-state index contributed by atoms with van der Waals surface area (Å²) in [6.07, 6.45) is 5.37. The van der Waals surface area contributed by atoms with Crippen molar-refractivity contribution in [1.29, 1.82) is 0 Å². The Morgan fingerprint density at radius 3 is 2.71 bits per heavy atom. The van der Waals surface area contributed by atoms with Gasteiger partial charge < -0.3 is 10.1 Å². The predicted molar refractivity (Wildman–Crippen MR) is 73.4 cm³/mol. The van der Waals surface area contributed by atoms with Crippen LogP contribution in [0.2, 0.25) is 0 Å². The Bertz CT molecular complexity index is 197. The van der Waals surface area contributed by atoms with Crippen LogP contribution < -0.4 is 5.32 Å². The van der Waals surface area contributed by atoms with Crippen molar-refractivity contribution in [3.8, 4) is 0 Å². The van der Waals surface area contributed by atoms with Crippen molar-refractivity contribution in [2.75, 3.05) is 26.8 Å². The fourth-order valence-electron chi connectivity index (χ4n) is 2.78. The maximum Gasteiger partial charge on any atom is 0.0630 e. The summed E-state index contributed by atoms with van der Waals surface area (Å²) in [7, 11) is 1.81. The summed E-state index contributed by atoms with van der Waals surface area (Å²) in [4.78, 5) is 2.67. The van der Waals surface area contributed by atoms with Crippen LogP contribution in [0, 0.1) is 0 Å². The monoisotopic (exact) mass is 242 g/mol. The van der Waals surface area contributed by atoms with Gasteiger partial charge in [0.1, 0.15) is 0 Å². The van der Waals surface area contributed by atoms with Gasteiger partial charge >= 0.3 is 0 Å². The Morgan fingerprint density at radius 1 is 1.35 bits per heavy atom. The van der Waals surface area contributed by atoms with Gasteiger partial charge in [0, 0.05) is 31.8 Å². The molecule has 1 saturated heterocycles. The summed E-state index contributed by atoms with van der Waals surface area (Å²) < 4.78 is 5.40.